The SMILES string of the molecule is CC1CN(c2ccc(Nc3ccc4oc(=O)[nH]c4c3)cc2)CC(C)O1. The lowest BCUT2D eigenvalue weighted by Gasteiger charge is -2.36. The smallest absolute Gasteiger partial charge is 0.408 e. The Morgan fingerprint density at radius 1 is 1.04 bits per heavy atom. The fraction of sp³-hybridized carbons (Fsp3) is 0.316. The lowest BCUT2D eigenvalue weighted by Crippen LogP contribution is -2.45. The molecule has 0 bridgehead atoms. The van der Waals surface area contributed by atoms with Crippen molar-refractivity contribution in [2.45, 2.75) is 26.1 Å². The zero-order valence-electron chi connectivity index (χ0n) is 14.3. The van der Waals surface area contributed by atoms with Crippen molar-refractivity contribution >= 4 is 28.2 Å². The molecule has 2 atom stereocenters. The van der Waals surface area contributed by atoms with Gasteiger partial charge >= 0.3 is 5.76 Å². The molecule has 0 saturated carbocycles. The number of rotatable bonds is 3. The molecule has 25 heavy (non-hydrogen) atoms. The molecule has 2 aromatic carbocycles. The standard InChI is InChI=1S/C19H21N3O3/c1-12-10-22(11-13(2)24-12)16-6-3-14(4-7-16)20-15-5-8-18-17(9-15)21-19(23)25-18/h3-9,12-13,20H,10-11H2,1-2H3,(H,21,23). The van der Waals surface area contributed by atoms with Crippen LogP contribution in [0.3, 0.4) is 0 Å². The molecule has 3 aromatic rings. The van der Waals surface area contributed by atoms with Crippen LogP contribution in [0.4, 0.5) is 17.1 Å². The highest BCUT2D eigenvalue weighted by atomic mass is 16.5. The van der Waals surface area contributed by atoms with E-state index in [-0.39, 0.29) is 12.2 Å². The number of aromatic amines is 1. The van der Waals surface area contributed by atoms with Crippen molar-refractivity contribution in [3.8, 4) is 0 Å². The maximum absolute atomic E-state index is 11.2. The number of nitrogens with zero attached hydrogens (tertiary/aromatic N) is 1. The molecular formula is C19H21N3O3. The van der Waals surface area contributed by atoms with Crippen LogP contribution in [-0.4, -0.2) is 30.3 Å². The summed E-state index contributed by atoms with van der Waals surface area (Å²) in [5.74, 6) is -0.439. The van der Waals surface area contributed by atoms with Crippen molar-refractivity contribution in [3.05, 3.63) is 53.0 Å². The second-order valence-electron chi connectivity index (χ2n) is 6.56. The van der Waals surface area contributed by atoms with E-state index in [1.54, 1.807) is 6.07 Å². The maximum Gasteiger partial charge on any atom is 0.417 e. The normalized spacial score (nSPS) is 20.8. The van der Waals surface area contributed by atoms with Crippen LogP contribution in [0.1, 0.15) is 13.8 Å². The summed E-state index contributed by atoms with van der Waals surface area (Å²) < 4.78 is 10.8. The molecule has 130 valence electrons. The fourth-order valence-corrected chi connectivity index (χ4v) is 3.34. The molecule has 1 fully saturated rings. The lowest BCUT2D eigenvalue weighted by molar-refractivity contribution is -0.00521. The van der Waals surface area contributed by atoms with Gasteiger partial charge in [-0.2, -0.15) is 0 Å². The van der Waals surface area contributed by atoms with E-state index in [2.05, 4.69) is 53.3 Å². The number of anilines is 3. The van der Waals surface area contributed by atoms with Crippen molar-refractivity contribution in [1.82, 2.24) is 4.98 Å². The monoisotopic (exact) mass is 339 g/mol. The minimum absolute atomic E-state index is 0.241. The summed E-state index contributed by atoms with van der Waals surface area (Å²) >= 11 is 0. The largest absolute Gasteiger partial charge is 0.417 e. The van der Waals surface area contributed by atoms with E-state index in [4.69, 9.17) is 9.15 Å². The lowest BCUT2D eigenvalue weighted by atomic mass is 10.2. The molecule has 2 heterocycles. The maximum atomic E-state index is 11.2. The quantitative estimate of drug-likeness (QED) is 0.764. The second kappa shape index (κ2) is 6.29. The molecule has 1 aliphatic heterocycles. The van der Waals surface area contributed by atoms with Crippen molar-refractivity contribution in [1.29, 1.82) is 0 Å². The first-order chi connectivity index (χ1) is 12.1. The van der Waals surface area contributed by atoms with Crippen LogP contribution in [0, 0.1) is 0 Å². The highest BCUT2D eigenvalue weighted by Gasteiger charge is 2.22. The van der Waals surface area contributed by atoms with Gasteiger partial charge in [-0.15, -0.1) is 0 Å². The molecule has 1 aliphatic rings. The summed E-state index contributed by atoms with van der Waals surface area (Å²) in [6, 6.07) is 13.9. The number of aromatic nitrogens is 1. The van der Waals surface area contributed by atoms with Crippen LogP contribution < -0.4 is 16.0 Å². The third kappa shape index (κ3) is 3.39. The highest BCUT2D eigenvalue weighted by Crippen LogP contribution is 2.25. The first-order valence-electron chi connectivity index (χ1n) is 8.47. The van der Waals surface area contributed by atoms with E-state index in [9.17, 15) is 4.79 Å². The van der Waals surface area contributed by atoms with E-state index in [0.29, 0.717) is 11.1 Å². The van der Waals surface area contributed by atoms with E-state index >= 15 is 0 Å². The molecule has 6 heteroatoms. The van der Waals surface area contributed by atoms with Gasteiger partial charge in [0.15, 0.2) is 5.58 Å². The van der Waals surface area contributed by atoms with Gasteiger partial charge in [0.25, 0.3) is 0 Å². The second-order valence-corrected chi connectivity index (χ2v) is 6.56. The molecule has 0 radical (unpaired) electrons. The topological polar surface area (TPSA) is 70.5 Å². The zero-order valence-corrected chi connectivity index (χ0v) is 14.3. The van der Waals surface area contributed by atoms with Crippen LogP contribution in [0.2, 0.25) is 0 Å². The number of hydrogen-bond donors (Lipinski definition) is 2. The molecule has 4 rings (SSSR count). The number of fused-ring (bicyclic) bond motifs is 1. The van der Waals surface area contributed by atoms with Crippen LogP contribution in [-0.2, 0) is 4.74 Å². The van der Waals surface area contributed by atoms with Crippen molar-refractivity contribution < 1.29 is 9.15 Å². The van der Waals surface area contributed by atoms with Crippen LogP contribution in [0.5, 0.6) is 0 Å². The Hall–Kier alpha value is -2.73. The summed E-state index contributed by atoms with van der Waals surface area (Å²) in [7, 11) is 0. The van der Waals surface area contributed by atoms with Gasteiger partial charge in [-0.1, -0.05) is 0 Å². The van der Waals surface area contributed by atoms with Gasteiger partial charge in [-0.25, -0.2) is 4.79 Å². The highest BCUT2D eigenvalue weighted by molar-refractivity contribution is 5.78. The summed E-state index contributed by atoms with van der Waals surface area (Å²) in [6.07, 6.45) is 0.482. The van der Waals surface area contributed by atoms with Gasteiger partial charge in [0.2, 0.25) is 0 Å². The van der Waals surface area contributed by atoms with E-state index in [1.165, 1.54) is 5.69 Å². The molecule has 1 aromatic heterocycles. The minimum Gasteiger partial charge on any atom is -0.408 e. The average molecular weight is 339 g/mol. The number of morpholine rings is 1. The predicted molar refractivity (Wildman–Crippen MR) is 98.8 cm³/mol. The molecule has 6 nitrogen and oxygen atoms in total. The Morgan fingerprint density at radius 3 is 2.44 bits per heavy atom. The third-order valence-electron chi connectivity index (χ3n) is 4.36. The first-order valence-corrected chi connectivity index (χ1v) is 8.47. The van der Waals surface area contributed by atoms with Gasteiger partial charge in [-0.3, -0.25) is 4.98 Å². The number of benzene rings is 2. The molecule has 0 amide bonds. The summed E-state index contributed by atoms with van der Waals surface area (Å²) in [5.41, 5.74) is 4.32. The molecule has 0 aliphatic carbocycles. The van der Waals surface area contributed by atoms with Crippen LogP contribution >= 0.6 is 0 Å². The zero-order chi connectivity index (χ0) is 17.4. The number of oxazole rings is 1. The first kappa shape index (κ1) is 15.8. The number of H-pyrrole nitrogens is 1. The Labute approximate surface area is 145 Å². The van der Waals surface area contributed by atoms with E-state index < -0.39 is 5.76 Å². The Kier molecular flexibility index (Phi) is 3.97. The van der Waals surface area contributed by atoms with E-state index in [0.717, 1.165) is 24.5 Å². The van der Waals surface area contributed by atoms with Crippen molar-refractivity contribution in [2.75, 3.05) is 23.3 Å². The minimum atomic E-state index is -0.439. The molecular weight excluding hydrogens is 318 g/mol. The fourth-order valence-electron chi connectivity index (χ4n) is 3.34. The Balaban J connectivity index is 1.50. The van der Waals surface area contributed by atoms with Gasteiger partial charge in [0.05, 0.1) is 17.7 Å². The van der Waals surface area contributed by atoms with Crippen molar-refractivity contribution in [2.24, 2.45) is 0 Å². The van der Waals surface area contributed by atoms with Gasteiger partial charge in [-0.05, 0) is 56.3 Å². The van der Waals surface area contributed by atoms with Gasteiger partial charge in [0.1, 0.15) is 0 Å². The Bertz CT molecular complexity index is 919. The molecule has 2 unspecified atom stereocenters. The molecule has 0 spiro atoms. The summed E-state index contributed by atoms with van der Waals surface area (Å²) in [5, 5.41) is 3.35. The summed E-state index contributed by atoms with van der Waals surface area (Å²) in [4.78, 5) is 16.3. The van der Waals surface area contributed by atoms with Crippen LogP contribution in [0.15, 0.2) is 51.7 Å². The van der Waals surface area contributed by atoms with E-state index in [1.807, 2.05) is 12.1 Å². The number of nitrogens with one attached hydrogen (secondary N) is 2. The number of hydrogen-bond acceptors (Lipinski definition) is 5. The summed E-state index contributed by atoms with van der Waals surface area (Å²) in [6.45, 7) is 6.02. The number of ether oxygens (including phenoxy) is 1. The predicted octanol–water partition coefficient (Wildman–Crippen LogP) is 3.48. The van der Waals surface area contributed by atoms with Gasteiger partial charge in [0, 0.05) is 30.2 Å². The van der Waals surface area contributed by atoms with Gasteiger partial charge < -0.3 is 19.4 Å². The Morgan fingerprint density at radius 2 is 1.72 bits per heavy atom. The van der Waals surface area contributed by atoms with Crippen molar-refractivity contribution in [3.63, 3.8) is 0 Å². The average Bonchev–Trinajstić information content (AvgIpc) is 2.94. The third-order valence-corrected chi connectivity index (χ3v) is 4.36. The van der Waals surface area contributed by atoms with Crippen LogP contribution in [0.25, 0.3) is 11.1 Å². The molecule has 1 saturated heterocycles. The molecule has 2 N–H and O–H groups in total.